The number of piperidine rings is 1. The van der Waals surface area contributed by atoms with E-state index in [1.54, 1.807) is 13.8 Å². The van der Waals surface area contributed by atoms with Gasteiger partial charge in [-0.05, 0) is 19.9 Å². The smallest absolute Gasteiger partial charge is 0.433 e. The van der Waals surface area contributed by atoms with E-state index in [1.807, 2.05) is 0 Å². The molecule has 0 aromatic carbocycles. The lowest BCUT2D eigenvalue weighted by Gasteiger charge is -2.38. The second kappa shape index (κ2) is 7.67. The molecule has 3 rings (SSSR count). The Balaban J connectivity index is 1.79. The predicted molar refractivity (Wildman–Crippen MR) is 91.4 cm³/mol. The highest BCUT2D eigenvalue weighted by molar-refractivity contribution is 5.79. The molecule has 3 heterocycles. The molecule has 2 saturated heterocycles. The average molecular weight is 418 g/mol. The van der Waals surface area contributed by atoms with Gasteiger partial charge in [-0.15, -0.1) is 0 Å². The van der Waals surface area contributed by atoms with Crippen molar-refractivity contribution in [3.63, 3.8) is 0 Å². The number of rotatable bonds is 2. The van der Waals surface area contributed by atoms with Gasteiger partial charge >= 0.3 is 12.2 Å². The van der Waals surface area contributed by atoms with Crippen LogP contribution in [0.2, 0.25) is 0 Å². The van der Waals surface area contributed by atoms with Crippen LogP contribution in [0.25, 0.3) is 0 Å². The van der Waals surface area contributed by atoms with Crippen LogP contribution in [0.5, 0.6) is 5.88 Å². The van der Waals surface area contributed by atoms with E-state index in [4.69, 9.17) is 14.2 Å². The number of aromatic nitrogens is 1. The van der Waals surface area contributed by atoms with Crippen LogP contribution in [0.3, 0.4) is 0 Å². The SMILES string of the molecule is CC(=O)NNC(=O)N1C[C@H](Oc2cccc(C(F)(F)F)n2)[C@H]2OC(C)(C)O[C@H]2C1. The van der Waals surface area contributed by atoms with Gasteiger partial charge < -0.3 is 19.1 Å². The number of nitrogens with one attached hydrogen (secondary N) is 2. The predicted octanol–water partition coefficient (Wildman–Crippen LogP) is 1.44. The molecule has 2 fully saturated rings. The van der Waals surface area contributed by atoms with Crippen LogP contribution in [0.1, 0.15) is 26.5 Å². The van der Waals surface area contributed by atoms with Gasteiger partial charge in [-0.3, -0.25) is 10.2 Å². The number of hydrazine groups is 1. The first-order valence-corrected chi connectivity index (χ1v) is 8.83. The highest BCUT2D eigenvalue weighted by atomic mass is 19.4. The van der Waals surface area contributed by atoms with E-state index in [2.05, 4.69) is 15.8 Å². The second-order valence-electron chi connectivity index (χ2n) is 7.17. The lowest BCUT2D eigenvalue weighted by atomic mass is 10.0. The van der Waals surface area contributed by atoms with E-state index >= 15 is 0 Å². The standard InChI is InChI=1S/C17H21F3N4O5/c1-9(25)22-23-15(26)24-7-10(14-11(8-24)28-16(2,3)29-14)27-13-6-4-5-12(21-13)17(18,19)20/h4-6,10-11,14H,7-8H2,1-3H3,(H,22,25)(H,23,26)/t10-,11-,14+/m0/s1. The Labute approximate surface area is 164 Å². The van der Waals surface area contributed by atoms with Gasteiger partial charge in [-0.1, -0.05) is 6.07 Å². The number of carbonyl (C=O) groups is 2. The molecule has 29 heavy (non-hydrogen) atoms. The molecule has 0 saturated carbocycles. The summed E-state index contributed by atoms with van der Waals surface area (Å²) in [5.74, 6) is -1.67. The Morgan fingerprint density at radius 1 is 1.24 bits per heavy atom. The molecule has 2 aliphatic rings. The van der Waals surface area contributed by atoms with E-state index in [1.165, 1.54) is 24.0 Å². The summed E-state index contributed by atoms with van der Waals surface area (Å²) in [4.78, 5) is 28.1. The summed E-state index contributed by atoms with van der Waals surface area (Å²) in [5.41, 5.74) is 3.32. The summed E-state index contributed by atoms with van der Waals surface area (Å²) in [5, 5.41) is 0. The minimum Gasteiger partial charge on any atom is -0.470 e. The molecule has 2 N–H and O–H groups in total. The summed E-state index contributed by atoms with van der Waals surface area (Å²) in [7, 11) is 0. The number of hydrogen-bond acceptors (Lipinski definition) is 6. The fourth-order valence-corrected chi connectivity index (χ4v) is 3.22. The van der Waals surface area contributed by atoms with Crippen LogP contribution in [0.15, 0.2) is 18.2 Å². The molecule has 3 atom stereocenters. The van der Waals surface area contributed by atoms with Crippen molar-refractivity contribution in [1.29, 1.82) is 0 Å². The van der Waals surface area contributed by atoms with Crippen LogP contribution < -0.4 is 15.6 Å². The Morgan fingerprint density at radius 3 is 2.62 bits per heavy atom. The van der Waals surface area contributed by atoms with E-state index in [-0.39, 0.29) is 19.0 Å². The van der Waals surface area contributed by atoms with Gasteiger partial charge in [0.1, 0.15) is 24.0 Å². The van der Waals surface area contributed by atoms with E-state index in [9.17, 15) is 22.8 Å². The molecular weight excluding hydrogens is 397 g/mol. The largest absolute Gasteiger partial charge is 0.470 e. The first kappa shape index (κ1) is 21.1. The minimum atomic E-state index is -4.62. The van der Waals surface area contributed by atoms with Gasteiger partial charge in [0, 0.05) is 13.0 Å². The first-order valence-electron chi connectivity index (χ1n) is 8.83. The molecule has 0 bridgehead atoms. The molecule has 9 nitrogen and oxygen atoms in total. The molecule has 12 heteroatoms. The van der Waals surface area contributed by atoms with E-state index < -0.39 is 47.9 Å². The van der Waals surface area contributed by atoms with Crippen molar-refractivity contribution in [2.45, 2.75) is 51.0 Å². The fraction of sp³-hybridized carbons (Fsp3) is 0.588. The van der Waals surface area contributed by atoms with Crippen LogP contribution in [0, 0.1) is 0 Å². The number of amides is 3. The van der Waals surface area contributed by atoms with Gasteiger partial charge in [0.25, 0.3) is 0 Å². The minimum absolute atomic E-state index is 0.00997. The van der Waals surface area contributed by atoms with Crippen molar-refractivity contribution < 1.29 is 37.0 Å². The molecular formula is C17H21F3N4O5. The molecule has 0 aliphatic carbocycles. The summed E-state index contributed by atoms with van der Waals surface area (Å²) in [6.45, 7) is 4.74. The molecule has 160 valence electrons. The summed E-state index contributed by atoms with van der Waals surface area (Å²) < 4.78 is 56.1. The highest BCUT2D eigenvalue weighted by Crippen LogP contribution is 2.35. The van der Waals surface area contributed by atoms with Crippen molar-refractivity contribution >= 4 is 11.9 Å². The molecule has 0 spiro atoms. The fourth-order valence-electron chi connectivity index (χ4n) is 3.22. The molecule has 0 unspecified atom stereocenters. The Bertz CT molecular complexity index is 789. The Morgan fingerprint density at radius 2 is 1.97 bits per heavy atom. The summed E-state index contributed by atoms with van der Waals surface area (Å²) in [6, 6.07) is 2.70. The number of ether oxygens (including phenoxy) is 3. The number of hydrogen-bond donors (Lipinski definition) is 2. The summed E-state index contributed by atoms with van der Waals surface area (Å²) >= 11 is 0. The maximum Gasteiger partial charge on any atom is 0.433 e. The van der Waals surface area contributed by atoms with E-state index in [0.717, 1.165) is 6.07 Å². The van der Waals surface area contributed by atoms with Crippen LogP contribution in [-0.2, 0) is 20.4 Å². The van der Waals surface area contributed by atoms with Crippen molar-refractivity contribution in [1.82, 2.24) is 20.7 Å². The number of urea groups is 1. The number of pyridine rings is 1. The molecule has 2 aliphatic heterocycles. The number of likely N-dealkylation sites (tertiary alicyclic amines) is 1. The third-order valence-corrected chi connectivity index (χ3v) is 4.31. The maximum atomic E-state index is 12.9. The van der Waals surface area contributed by atoms with Gasteiger partial charge in [0.05, 0.1) is 13.1 Å². The number of halogens is 3. The Hall–Kier alpha value is -2.60. The zero-order valence-corrected chi connectivity index (χ0v) is 15.9. The lowest BCUT2D eigenvalue weighted by molar-refractivity contribution is -0.151. The van der Waals surface area contributed by atoms with Crippen LogP contribution in [-0.4, -0.2) is 59.0 Å². The van der Waals surface area contributed by atoms with Crippen molar-refractivity contribution in [2.24, 2.45) is 0 Å². The maximum absolute atomic E-state index is 12.9. The molecule has 0 radical (unpaired) electrons. The van der Waals surface area contributed by atoms with Crippen molar-refractivity contribution in [3.8, 4) is 5.88 Å². The summed E-state index contributed by atoms with van der Waals surface area (Å²) in [6.07, 6.45) is -6.65. The van der Waals surface area contributed by atoms with Crippen LogP contribution in [0.4, 0.5) is 18.0 Å². The third-order valence-electron chi connectivity index (χ3n) is 4.31. The van der Waals surface area contributed by atoms with Crippen molar-refractivity contribution in [2.75, 3.05) is 13.1 Å². The molecule has 1 aromatic heterocycles. The first-order chi connectivity index (χ1) is 13.4. The number of nitrogens with zero attached hydrogens (tertiary/aromatic N) is 2. The number of fused-ring (bicyclic) bond motifs is 1. The van der Waals surface area contributed by atoms with Gasteiger partial charge in [0.2, 0.25) is 11.8 Å². The normalized spacial score (nSPS) is 25.9. The second-order valence-corrected chi connectivity index (χ2v) is 7.17. The van der Waals surface area contributed by atoms with Crippen LogP contribution >= 0.6 is 0 Å². The zero-order chi connectivity index (χ0) is 21.4. The van der Waals surface area contributed by atoms with E-state index in [0.29, 0.717) is 0 Å². The molecule has 1 aromatic rings. The average Bonchev–Trinajstić information content (AvgIpc) is 2.93. The topological polar surface area (TPSA) is 102 Å². The van der Waals surface area contributed by atoms with Gasteiger partial charge in [-0.2, -0.15) is 13.2 Å². The zero-order valence-electron chi connectivity index (χ0n) is 15.9. The lowest BCUT2D eigenvalue weighted by Crippen LogP contribution is -2.61. The highest BCUT2D eigenvalue weighted by Gasteiger charge is 2.51. The quantitative estimate of drug-likeness (QED) is 0.705. The van der Waals surface area contributed by atoms with Crippen molar-refractivity contribution in [3.05, 3.63) is 23.9 Å². The van der Waals surface area contributed by atoms with Gasteiger partial charge in [-0.25, -0.2) is 15.2 Å². The van der Waals surface area contributed by atoms with Gasteiger partial charge in [0.15, 0.2) is 5.79 Å². The number of carbonyl (C=O) groups excluding carboxylic acids is 2. The molecule has 3 amide bonds. The number of alkyl halides is 3. The monoisotopic (exact) mass is 418 g/mol. The third kappa shape index (κ3) is 5.07. The Kier molecular flexibility index (Phi) is 5.59.